The van der Waals surface area contributed by atoms with Crippen LogP contribution in [0.2, 0.25) is 10.0 Å². The van der Waals surface area contributed by atoms with Crippen molar-refractivity contribution in [3.63, 3.8) is 0 Å². The van der Waals surface area contributed by atoms with Crippen LogP contribution in [0.5, 0.6) is 5.75 Å². The SMILES string of the molecule is Nc1ccc(C(=O)Nc2c(Cl)cc(F)cc2Cl)cc1O. The van der Waals surface area contributed by atoms with Gasteiger partial charge in [-0.15, -0.1) is 0 Å². The van der Waals surface area contributed by atoms with E-state index in [2.05, 4.69) is 5.32 Å². The molecule has 0 bridgehead atoms. The van der Waals surface area contributed by atoms with Crippen LogP contribution >= 0.6 is 23.2 Å². The molecule has 2 rings (SSSR count). The average molecular weight is 315 g/mol. The Bertz CT molecular complexity index is 669. The summed E-state index contributed by atoms with van der Waals surface area (Å²) < 4.78 is 13.0. The number of hydrogen-bond acceptors (Lipinski definition) is 3. The summed E-state index contributed by atoms with van der Waals surface area (Å²) >= 11 is 11.6. The fourth-order valence-electron chi connectivity index (χ4n) is 1.53. The van der Waals surface area contributed by atoms with Crippen LogP contribution in [0.3, 0.4) is 0 Å². The van der Waals surface area contributed by atoms with Gasteiger partial charge in [0.1, 0.15) is 11.6 Å². The monoisotopic (exact) mass is 314 g/mol. The second-order valence-electron chi connectivity index (χ2n) is 3.97. The first-order valence-electron chi connectivity index (χ1n) is 5.43. The van der Waals surface area contributed by atoms with Crippen LogP contribution in [0.1, 0.15) is 10.4 Å². The number of amides is 1. The minimum Gasteiger partial charge on any atom is -0.506 e. The second-order valence-corrected chi connectivity index (χ2v) is 4.79. The van der Waals surface area contributed by atoms with Gasteiger partial charge in [0.2, 0.25) is 0 Å². The van der Waals surface area contributed by atoms with Gasteiger partial charge >= 0.3 is 0 Å². The van der Waals surface area contributed by atoms with Crippen LogP contribution < -0.4 is 11.1 Å². The number of nitrogen functional groups attached to an aromatic ring is 1. The standard InChI is InChI=1S/C13H9Cl2FN2O2/c14-8-4-7(16)5-9(15)12(8)18-13(20)6-1-2-10(17)11(19)3-6/h1-5,19H,17H2,(H,18,20). The van der Waals surface area contributed by atoms with Crippen LogP contribution in [0.25, 0.3) is 0 Å². The molecule has 0 aliphatic rings. The molecule has 0 fully saturated rings. The number of aromatic hydroxyl groups is 1. The van der Waals surface area contributed by atoms with E-state index in [9.17, 15) is 14.3 Å². The lowest BCUT2D eigenvalue weighted by Crippen LogP contribution is -2.12. The number of halogens is 3. The van der Waals surface area contributed by atoms with Crippen LogP contribution in [-0.4, -0.2) is 11.0 Å². The number of carbonyl (C=O) groups is 1. The van der Waals surface area contributed by atoms with Gasteiger partial charge in [0.05, 0.1) is 21.4 Å². The van der Waals surface area contributed by atoms with E-state index in [1.54, 1.807) is 0 Å². The molecular weight excluding hydrogens is 306 g/mol. The molecule has 2 aromatic carbocycles. The molecule has 0 aliphatic carbocycles. The maximum Gasteiger partial charge on any atom is 0.255 e. The number of anilines is 2. The quantitative estimate of drug-likeness (QED) is 0.584. The highest BCUT2D eigenvalue weighted by Crippen LogP contribution is 2.32. The Morgan fingerprint density at radius 3 is 2.35 bits per heavy atom. The summed E-state index contributed by atoms with van der Waals surface area (Å²) in [6.07, 6.45) is 0. The highest BCUT2D eigenvalue weighted by Gasteiger charge is 2.14. The van der Waals surface area contributed by atoms with E-state index in [0.29, 0.717) is 0 Å². The molecule has 0 aliphatic heterocycles. The van der Waals surface area contributed by atoms with E-state index >= 15 is 0 Å². The van der Waals surface area contributed by atoms with Crippen LogP contribution in [-0.2, 0) is 0 Å². The summed E-state index contributed by atoms with van der Waals surface area (Å²) in [6, 6.07) is 6.08. The Hall–Kier alpha value is -1.98. The van der Waals surface area contributed by atoms with E-state index in [1.165, 1.54) is 18.2 Å². The third-order valence-corrected chi connectivity index (χ3v) is 3.13. The molecule has 0 radical (unpaired) electrons. The molecule has 0 unspecified atom stereocenters. The lowest BCUT2D eigenvalue weighted by molar-refractivity contribution is 0.102. The molecule has 1 amide bonds. The third kappa shape index (κ3) is 2.95. The molecule has 0 atom stereocenters. The Morgan fingerprint density at radius 1 is 1.20 bits per heavy atom. The molecule has 0 heterocycles. The molecule has 104 valence electrons. The molecule has 4 N–H and O–H groups in total. The van der Waals surface area contributed by atoms with Crippen molar-refractivity contribution in [1.29, 1.82) is 0 Å². The minimum atomic E-state index is -0.608. The Labute approximate surface area is 123 Å². The predicted molar refractivity (Wildman–Crippen MR) is 76.9 cm³/mol. The Kier molecular flexibility index (Phi) is 4.01. The molecule has 20 heavy (non-hydrogen) atoms. The van der Waals surface area contributed by atoms with Crippen molar-refractivity contribution in [2.75, 3.05) is 11.1 Å². The summed E-state index contributed by atoms with van der Waals surface area (Å²) in [4.78, 5) is 12.0. The molecule has 7 heteroatoms. The summed E-state index contributed by atoms with van der Waals surface area (Å²) in [7, 11) is 0. The Balaban J connectivity index is 2.30. The smallest absolute Gasteiger partial charge is 0.255 e. The van der Waals surface area contributed by atoms with Crippen molar-refractivity contribution in [2.24, 2.45) is 0 Å². The van der Waals surface area contributed by atoms with Gasteiger partial charge in [-0.2, -0.15) is 0 Å². The second kappa shape index (κ2) is 5.56. The number of carbonyl (C=O) groups excluding carboxylic acids is 1. The van der Waals surface area contributed by atoms with E-state index < -0.39 is 11.7 Å². The van der Waals surface area contributed by atoms with Gasteiger partial charge in [-0.3, -0.25) is 4.79 Å². The number of phenols is 1. The number of benzene rings is 2. The van der Waals surface area contributed by atoms with Gasteiger partial charge < -0.3 is 16.2 Å². The number of nitrogens with two attached hydrogens (primary N) is 1. The van der Waals surface area contributed by atoms with E-state index in [0.717, 1.165) is 12.1 Å². The van der Waals surface area contributed by atoms with Gasteiger partial charge in [-0.1, -0.05) is 23.2 Å². The predicted octanol–water partition coefficient (Wildman–Crippen LogP) is 3.67. The summed E-state index contributed by atoms with van der Waals surface area (Å²) in [5, 5.41) is 11.9. The summed E-state index contributed by atoms with van der Waals surface area (Å²) in [6.45, 7) is 0. The van der Waals surface area contributed by atoms with Crippen LogP contribution in [0, 0.1) is 5.82 Å². The van der Waals surface area contributed by atoms with Crippen molar-refractivity contribution in [1.82, 2.24) is 0 Å². The Morgan fingerprint density at radius 2 is 1.80 bits per heavy atom. The highest BCUT2D eigenvalue weighted by molar-refractivity contribution is 6.40. The summed E-state index contributed by atoms with van der Waals surface area (Å²) in [5.74, 6) is -1.38. The van der Waals surface area contributed by atoms with Crippen molar-refractivity contribution in [3.8, 4) is 5.75 Å². The molecule has 0 saturated carbocycles. The van der Waals surface area contributed by atoms with Crippen molar-refractivity contribution >= 4 is 40.5 Å². The average Bonchev–Trinajstić information content (AvgIpc) is 2.36. The van der Waals surface area contributed by atoms with Crippen molar-refractivity contribution < 1.29 is 14.3 Å². The molecule has 4 nitrogen and oxygen atoms in total. The first-order valence-corrected chi connectivity index (χ1v) is 6.18. The number of rotatable bonds is 2. The topological polar surface area (TPSA) is 75.4 Å². The van der Waals surface area contributed by atoms with Crippen molar-refractivity contribution in [2.45, 2.75) is 0 Å². The largest absolute Gasteiger partial charge is 0.506 e. The zero-order valence-electron chi connectivity index (χ0n) is 9.95. The van der Waals surface area contributed by atoms with Crippen LogP contribution in [0.15, 0.2) is 30.3 Å². The fraction of sp³-hybridized carbons (Fsp3) is 0. The maximum absolute atomic E-state index is 13.0. The van der Waals surface area contributed by atoms with Crippen LogP contribution in [0.4, 0.5) is 15.8 Å². The third-order valence-electron chi connectivity index (χ3n) is 2.54. The van der Waals surface area contributed by atoms with E-state index in [1.807, 2.05) is 0 Å². The zero-order valence-corrected chi connectivity index (χ0v) is 11.5. The number of phenolic OH excluding ortho intramolecular Hbond substituents is 1. The van der Waals surface area contributed by atoms with Gasteiger partial charge in [-0.05, 0) is 30.3 Å². The number of nitrogens with one attached hydrogen (secondary N) is 1. The lowest BCUT2D eigenvalue weighted by atomic mass is 10.1. The fourth-order valence-corrected chi connectivity index (χ4v) is 2.09. The highest BCUT2D eigenvalue weighted by atomic mass is 35.5. The lowest BCUT2D eigenvalue weighted by Gasteiger charge is -2.10. The van der Waals surface area contributed by atoms with Gasteiger partial charge in [0.25, 0.3) is 5.91 Å². The first kappa shape index (κ1) is 14.4. The normalized spacial score (nSPS) is 10.3. The van der Waals surface area contributed by atoms with Gasteiger partial charge in [0, 0.05) is 5.56 Å². The van der Waals surface area contributed by atoms with Gasteiger partial charge in [-0.25, -0.2) is 4.39 Å². The molecular formula is C13H9Cl2FN2O2. The first-order chi connectivity index (χ1) is 9.38. The molecule has 2 aromatic rings. The van der Waals surface area contributed by atoms with Gasteiger partial charge in [0.15, 0.2) is 0 Å². The van der Waals surface area contributed by atoms with E-state index in [4.69, 9.17) is 28.9 Å². The maximum atomic E-state index is 13.0. The minimum absolute atomic E-state index is 0.0250. The zero-order chi connectivity index (χ0) is 14.9. The van der Waals surface area contributed by atoms with E-state index in [-0.39, 0.29) is 32.7 Å². The summed E-state index contributed by atoms with van der Waals surface area (Å²) in [5.41, 5.74) is 5.85. The molecule has 0 aromatic heterocycles. The molecule has 0 spiro atoms. The number of hydrogen-bond donors (Lipinski definition) is 3. The van der Waals surface area contributed by atoms with Crippen molar-refractivity contribution in [3.05, 3.63) is 51.8 Å². The molecule has 0 saturated heterocycles.